The van der Waals surface area contributed by atoms with Gasteiger partial charge in [-0.2, -0.15) is 4.68 Å². The second-order valence-electron chi connectivity index (χ2n) is 8.12. The van der Waals surface area contributed by atoms with Gasteiger partial charge in [-0.15, -0.1) is 5.10 Å². The number of hydrogen-bond donors (Lipinski definition) is 0. The van der Waals surface area contributed by atoms with Gasteiger partial charge in [-0.1, -0.05) is 30.0 Å². The third-order valence-electron chi connectivity index (χ3n) is 6.40. The molecule has 4 saturated carbocycles. The number of ketones is 1. The van der Waals surface area contributed by atoms with E-state index in [1.807, 2.05) is 30.3 Å². The van der Waals surface area contributed by atoms with E-state index in [2.05, 4.69) is 15.5 Å². The summed E-state index contributed by atoms with van der Waals surface area (Å²) >= 11 is 1.48. The molecule has 130 valence electrons. The zero-order valence-corrected chi connectivity index (χ0v) is 15.0. The van der Waals surface area contributed by atoms with Crippen molar-refractivity contribution >= 4 is 17.5 Å². The third kappa shape index (κ3) is 2.71. The summed E-state index contributed by atoms with van der Waals surface area (Å²) in [6.07, 6.45) is 7.48. The Bertz CT molecular complexity index is 752. The largest absolute Gasteiger partial charge is 0.298 e. The van der Waals surface area contributed by atoms with Crippen LogP contribution in [0, 0.1) is 23.2 Å². The van der Waals surface area contributed by atoms with Crippen molar-refractivity contribution in [2.75, 3.05) is 5.75 Å². The van der Waals surface area contributed by atoms with E-state index >= 15 is 0 Å². The van der Waals surface area contributed by atoms with Gasteiger partial charge in [-0.25, -0.2) is 0 Å². The summed E-state index contributed by atoms with van der Waals surface area (Å²) in [7, 11) is 0. The summed E-state index contributed by atoms with van der Waals surface area (Å²) in [5.41, 5.74) is 0.893. The first-order valence-electron chi connectivity index (χ1n) is 9.22. The molecule has 4 aliphatic rings. The van der Waals surface area contributed by atoms with Crippen molar-refractivity contribution in [1.82, 2.24) is 20.2 Å². The van der Waals surface area contributed by atoms with Crippen molar-refractivity contribution in [2.45, 2.75) is 43.7 Å². The van der Waals surface area contributed by atoms with Gasteiger partial charge in [0.1, 0.15) is 5.78 Å². The van der Waals surface area contributed by atoms with Gasteiger partial charge in [0.15, 0.2) is 0 Å². The van der Waals surface area contributed by atoms with Crippen LogP contribution < -0.4 is 0 Å². The Morgan fingerprint density at radius 3 is 2.36 bits per heavy atom. The van der Waals surface area contributed by atoms with Crippen LogP contribution in [0.3, 0.4) is 0 Å². The Labute approximate surface area is 151 Å². The average Bonchev–Trinajstić information content (AvgIpc) is 3.08. The number of thioether (sulfide) groups is 1. The summed E-state index contributed by atoms with van der Waals surface area (Å²) in [5, 5.41) is 12.7. The van der Waals surface area contributed by atoms with Crippen LogP contribution in [0.25, 0.3) is 5.69 Å². The number of nitrogens with zero attached hydrogens (tertiary/aromatic N) is 4. The Morgan fingerprint density at radius 2 is 1.72 bits per heavy atom. The highest BCUT2D eigenvalue weighted by Crippen LogP contribution is 2.60. The van der Waals surface area contributed by atoms with E-state index in [4.69, 9.17) is 0 Å². The predicted octanol–water partition coefficient (Wildman–Crippen LogP) is 3.54. The molecule has 0 spiro atoms. The Balaban J connectivity index is 1.31. The fourth-order valence-electron chi connectivity index (χ4n) is 5.74. The maximum Gasteiger partial charge on any atom is 0.214 e. The van der Waals surface area contributed by atoms with Crippen LogP contribution in [0.4, 0.5) is 0 Å². The molecule has 0 unspecified atom stereocenters. The van der Waals surface area contributed by atoms with Crippen molar-refractivity contribution < 1.29 is 4.79 Å². The van der Waals surface area contributed by atoms with E-state index < -0.39 is 0 Å². The van der Waals surface area contributed by atoms with Crippen LogP contribution in [-0.4, -0.2) is 31.7 Å². The molecular formula is C19H22N4OS. The highest BCUT2D eigenvalue weighted by Gasteiger charge is 2.54. The minimum Gasteiger partial charge on any atom is -0.298 e. The standard InChI is InChI=1S/C19H22N4OS/c24-17(19-9-13-6-14(10-19)8-15(7-13)11-19)12-25-18-20-21-22-23(18)16-4-2-1-3-5-16/h1-5,13-15H,6-12H2. The second-order valence-corrected chi connectivity index (χ2v) is 9.06. The SMILES string of the molecule is O=C(CSc1nnnn1-c1ccccc1)C12CC3CC(CC(C3)C1)C2. The van der Waals surface area contributed by atoms with Gasteiger partial charge in [-0.05, 0) is 78.8 Å². The number of para-hydroxylation sites is 1. The summed E-state index contributed by atoms with van der Waals surface area (Å²) in [6, 6.07) is 9.85. The number of aromatic nitrogens is 4. The summed E-state index contributed by atoms with van der Waals surface area (Å²) < 4.78 is 1.72. The molecule has 0 aliphatic heterocycles. The summed E-state index contributed by atoms with van der Waals surface area (Å²) in [6.45, 7) is 0. The number of rotatable bonds is 5. The van der Waals surface area contributed by atoms with Crippen molar-refractivity contribution in [3.8, 4) is 5.69 Å². The molecular weight excluding hydrogens is 332 g/mol. The summed E-state index contributed by atoms with van der Waals surface area (Å²) in [4.78, 5) is 13.1. The zero-order valence-electron chi connectivity index (χ0n) is 14.2. The molecule has 4 bridgehead atoms. The Kier molecular flexibility index (Phi) is 3.69. The molecule has 5 nitrogen and oxygen atoms in total. The van der Waals surface area contributed by atoms with Crippen LogP contribution in [-0.2, 0) is 4.79 Å². The quantitative estimate of drug-likeness (QED) is 0.769. The smallest absolute Gasteiger partial charge is 0.214 e. The molecule has 4 aliphatic carbocycles. The molecule has 0 atom stereocenters. The van der Waals surface area contributed by atoms with Crippen LogP contribution in [0.1, 0.15) is 38.5 Å². The molecule has 0 amide bonds. The Morgan fingerprint density at radius 1 is 1.08 bits per heavy atom. The molecule has 1 aromatic heterocycles. The molecule has 1 heterocycles. The first-order chi connectivity index (χ1) is 12.2. The lowest BCUT2D eigenvalue weighted by Gasteiger charge is -2.56. The topological polar surface area (TPSA) is 60.7 Å². The molecule has 0 N–H and O–H groups in total. The van der Waals surface area contributed by atoms with Crippen LogP contribution in [0.15, 0.2) is 35.5 Å². The van der Waals surface area contributed by atoms with Crippen molar-refractivity contribution in [2.24, 2.45) is 23.2 Å². The maximum absolute atomic E-state index is 13.1. The van der Waals surface area contributed by atoms with E-state index in [1.165, 1.54) is 31.0 Å². The highest BCUT2D eigenvalue weighted by molar-refractivity contribution is 7.99. The van der Waals surface area contributed by atoms with E-state index in [0.29, 0.717) is 16.7 Å². The maximum atomic E-state index is 13.1. The first kappa shape index (κ1) is 15.6. The number of tetrazole rings is 1. The lowest BCUT2D eigenvalue weighted by molar-refractivity contribution is -0.141. The van der Waals surface area contributed by atoms with Crippen LogP contribution in [0.2, 0.25) is 0 Å². The number of Topliss-reactive ketones (excluding diaryl/α,β-unsaturated/α-hetero) is 1. The number of hydrogen-bond acceptors (Lipinski definition) is 5. The van der Waals surface area contributed by atoms with Crippen molar-refractivity contribution in [1.29, 1.82) is 0 Å². The van der Waals surface area contributed by atoms with E-state index in [1.54, 1.807) is 4.68 Å². The molecule has 6 rings (SSSR count). The van der Waals surface area contributed by atoms with Crippen LogP contribution >= 0.6 is 11.8 Å². The number of carbonyl (C=O) groups is 1. The Hall–Kier alpha value is -1.69. The van der Waals surface area contributed by atoms with Crippen molar-refractivity contribution in [3.05, 3.63) is 30.3 Å². The highest BCUT2D eigenvalue weighted by atomic mass is 32.2. The van der Waals surface area contributed by atoms with Gasteiger partial charge in [0.05, 0.1) is 11.4 Å². The first-order valence-corrected chi connectivity index (χ1v) is 10.2. The van der Waals surface area contributed by atoms with E-state index in [9.17, 15) is 4.79 Å². The zero-order chi connectivity index (χ0) is 16.9. The lowest BCUT2D eigenvalue weighted by atomic mass is 9.48. The van der Waals surface area contributed by atoms with E-state index in [0.717, 1.165) is 42.7 Å². The fourth-order valence-corrected chi connectivity index (χ4v) is 6.66. The van der Waals surface area contributed by atoms with Crippen LogP contribution in [0.5, 0.6) is 0 Å². The minimum atomic E-state index is -0.0349. The van der Waals surface area contributed by atoms with Gasteiger partial charge >= 0.3 is 0 Å². The number of benzene rings is 1. The fraction of sp³-hybridized carbons (Fsp3) is 0.579. The molecule has 2 aromatic rings. The average molecular weight is 354 g/mol. The van der Waals surface area contributed by atoms with Gasteiger partial charge in [0, 0.05) is 5.41 Å². The molecule has 0 radical (unpaired) electrons. The normalized spacial score (nSPS) is 32.9. The van der Waals surface area contributed by atoms with Gasteiger partial charge in [0.25, 0.3) is 0 Å². The van der Waals surface area contributed by atoms with E-state index in [-0.39, 0.29) is 5.41 Å². The molecule has 0 saturated heterocycles. The molecule has 6 heteroatoms. The molecule has 4 fully saturated rings. The lowest BCUT2D eigenvalue weighted by Crippen LogP contribution is -2.50. The molecule has 1 aromatic carbocycles. The van der Waals surface area contributed by atoms with Gasteiger partial charge in [0.2, 0.25) is 5.16 Å². The second kappa shape index (κ2) is 5.94. The monoisotopic (exact) mass is 354 g/mol. The molecule has 25 heavy (non-hydrogen) atoms. The number of carbonyl (C=O) groups excluding carboxylic acids is 1. The van der Waals surface area contributed by atoms with Crippen molar-refractivity contribution in [3.63, 3.8) is 0 Å². The third-order valence-corrected chi connectivity index (χ3v) is 7.32. The predicted molar refractivity (Wildman–Crippen MR) is 95.5 cm³/mol. The van der Waals surface area contributed by atoms with Gasteiger partial charge < -0.3 is 0 Å². The summed E-state index contributed by atoms with van der Waals surface area (Å²) in [5.74, 6) is 3.32. The minimum absolute atomic E-state index is 0.0349. The van der Waals surface area contributed by atoms with Gasteiger partial charge in [-0.3, -0.25) is 4.79 Å².